The molecule has 0 saturated carbocycles. The van der Waals surface area contributed by atoms with E-state index in [9.17, 15) is 0 Å². The van der Waals surface area contributed by atoms with Crippen LogP contribution in [0.4, 0.5) is 11.6 Å². The van der Waals surface area contributed by atoms with Crippen molar-refractivity contribution in [2.45, 2.75) is 32.2 Å². The van der Waals surface area contributed by atoms with Gasteiger partial charge in [0, 0.05) is 30.4 Å². The van der Waals surface area contributed by atoms with Crippen LogP contribution in [0.5, 0.6) is 0 Å². The zero-order valence-electron chi connectivity index (χ0n) is 10.6. The van der Waals surface area contributed by atoms with Crippen LogP contribution in [0.3, 0.4) is 0 Å². The maximum atomic E-state index is 6.03. The molecular formula is C14H18N4. The number of rotatable bonds is 2. The molecule has 4 nitrogen and oxygen atoms in total. The van der Waals surface area contributed by atoms with Crippen molar-refractivity contribution < 1.29 is 0 Å². The minimum atomic E-state index is 0.581. The van der Waals surface area contributed by atoms with Crippen molar-refractivity contribution in [3.63, 3.8) is 0 Å². The Labute approximate surface area is 107 Å². The summed E-state index contributed by atoms with van der Waals surface area (Å²) in [6, 6.07) is 4.73. The zero-order chi connectivity index (χ0) is 12.5. The first-order valence-corrected chi connectivity index (χ1v) is 6.56. The highest BCUT2D eigenvalue weighted by molar-refractivity contribution is 5.92. The number of hydrogen-bond acceptors (Lipinski definition) is 4. The van der Waals surface area contributed by atoms with E-state index in [0.717, 1.165) is 29.6 Å². The maximum Gasteiger partial charge on any atom is 0.135 e. The molecule has 0 aliphatic carbocycles. The van der Waals surface area contributed by atoms with Gasteiger partial charge in [-0.25, -0.2) is 4.98 Å². The molecule has 1 fully saturated rings. The summed E-state index contributed by atoms with van der Waals surface area (Å²) in [4.78, 5) is 11.0. The second kappa shape index (κ2) is 4.44. The summed E-state index contributed by atoms with van der Waals surface area (Å²) in [6.07, 6.45) is 7.24. The van der Waals surface area contributed by atoms with Crippen molar-refractivity contribution >= 4 is 22.4 Å². The standard InChI is InChI=1S/C14H18N4/c1-2-11-4-3-7-18(11)13-8-10-5-6-16-9-12(10)14(15)17-13/h5-6,8-9,11H,2-4,7H2,1H3,(H2,15,17). The van der Waals surface area contributed by atoms with Crippen molar-refractivity contribution in [1.82, 2.24) is 9.97 Å². The van der Waals surface area contributed by atoms with Crippen molar-refractivity contribution in [3.8, 4) is 0 Å². The molecule has 1 aliphatic rings. The van der Waals surface area contributed by atoms with E-state index < -0.39 is 0 Å². The Hall–Kier alpha value is -1.84. The zero-order valence-corrected chi connectivity index (χ0v) is 10.6. The number of pyridine rings is 2. The van der Waals surface area contributed by atoms with Crippen molar-refractivity contribution in [1.29, 1.82) is 0 Å². The molecule has 2 aromatic heterocycles. The van der Waals surface area contributed by atoms with E-state index in [1.807, 2.05) is 6.07 Å². The summed E-state index contributed by atoms with van der Waals surface area (Å²) in [5.74, 6) is 1.59. The number of nitrogens with two attached hydrogens (primary N) is 1. The largest absolute Gasteiger partial charge is 0.383 e. The summed E-state index contributed by atoms with van der Waals surface area (Å²) in [5, 5.41) is 2.06. The van der Waals surface area contributed by atoms with Crippen LogP contribution in [-0.4, -0.2) is 22.6 Å². The Kier molecular flexibility index (Phi) is 2.78. The fraction of sp³-hybridized carbons (Fsp3) is 0.429. The molecule has 1 saturated heterocycles. The van der Waals surface area contributed by atoms with Crippen LogP contribution >= 0.6 is 0 Å². The third-order valence-electron chi connectivity index (χ3n) is 3.79. The topological polar surface area (TPSA) is 55.0 Å². The summed E-state index contributed by atoms with van der Waals surface area (Å²) < 4.78 is 0. The lowest BCUT2D eigenvalue weighted by Crippen LogP contribution is -2.29. The molecule has 3 heterocycles. The molecule has 3 rings (SSSR count). The number of fused-ring (bicyclic) bond motifs is 1. The van der Waals surface area contributed by atoms with Crippen LogP contribution in [0, 0.1) is 0 Å². The molecule has 4 heteroatoms. The van der Waals surface area contributed by atoms with Gasteiger partial charge >= 0.3 is 0 Å². The summed E-state index contributed by atoms with van der Waals surface area (Å²) in [6.45, 7) is 3.32. The average Bonchev–Trinajstić information content (AvgIpc) is 2.87. The van der Waals surface area contributed by atoms with Gasteiger partial charge in [0.25, 0.3) is 0 Å². The van der Waals surface area contributed by atoms with Gasteiger partial charge in [-0.1, -0.05) is 6.92 Å². The smallest absolute Gasteiger partial charge is 0.135 e. The molecular weight excluding hydrogens is 224 g/mol. The van der Waals surface area contributed by atoms with Gasteiger partial charge in [0.15, 0.2) is 0 Å². The lowest BCUT2D eigenvalue weighted by atomic mass is 10.1. The van der Waals surface area contributed by atoms with Gasteiger partial charge in [-0.05, 0) is 36.8 Å². The van der Waals surface area contributed by atoms with E-state index >= 15 is 0 Å². The first-order chi connectivity index (χ1) is 8.79. The number of anilines is 2. The second-order valence-corrected chi connectivity index (χ2v) is 4.86. The van der Waals surface area contributed by atoms with Gasteiger partial charge in [-0.3, -0.25) is 4.98 Å². The SMILES string of the molecule is CCC1CCCN1c1cc2ccncc2c(N)n1. The highest BCUT2D eigenvalue weighted by Gasteiger charge is 2.24. The van der Waals surface area contributed by atoms with Crippen LogP contribution < -0.4 is 10.6 Å². The van der Waals surface area contributed by atoms with Gasteiger partial charge in [0.1, 0.15) is 11.6 Å². The lowest BCUT2D eigenvalue weighted by molar-refractivity contribution is 0.641. The van der Waals surface area contributed by atoms with Gasteiger partial charge in [-0.2, -0.15) is 0 Å². The number of nitrogens with zero attached hydrogens (tertiary/aromatic N) is 3. The molecule has 1 atom stereocenters. The molecule has 0 spiro atoms. The van der Waals surface area contributed by atoms with Gasteiger partial charge in [0.2, 0.25) is 0 Å². The van der Waals surface area contributed by atoms with E-state index in [1.165, 1.54) is 12.8 Å². The summed E-state index contributed by atoms with van der Waals surface area (Å²) in [7, 11) is 0. The fourth-order valence-corrected chi connectivity index (χ4v) is 2.81. The molecule has 0 bridgehead atoms. The predicted molar refractivity (Wildman–Crippen MR) is 74.6 cm³/mol. The third kappa shape index (κ3) is 1.78. The Morgan fingerprint density at radius 1 is 1.50 bits per heavy atom. The van der Waals surface area contributed by atoms with E-state index in [0.29, 0.717) is 11.9 Å². The van der Waals surface area contributed by atoms with E-state index in [4.69, 9.17) is 5.73 Å². The molecule has 18 heavy (non-hydrogen) atoms. The molecule has 1 unspecified atom stereocenters. The van der Waals surface area contributed by atoms with Crippen LogP contribution in [0.2, 0.25) is 0 Å². The maximum absolute atomic E-state index is 6.03. The van der Waals surface area contributed by atoms with E-state index in [-0.39, 0.29) is 0 Å². The first-order valence-electron chi connectivity index (χ1n) is 6.56. The summed E-state index contributed by atoms with van der Waals surface area (Å²) >= 11 is 0. The number of aromatic nitrogens is 2. The van der Waals surface area contributed by atoms with Crippen molar-refractivity contribution in [3.05, 3.63) is 24.5 Å². The fourth-order valence-electron chi connectivity index (χ4n) is 2.81. The minimum absolute atomic E-state index is 0.581. The molecule has 0 amide bonds. The van der Waals surface area contributed by atoms with E-state index in [2.05, 4.69) is 27.9 Å². The lowest BCUT2D eigenvalue weighted by Gasteiger charge is -2.25. The van der Waals surface area contributed by atoms with Crippen LogP contribution in [0.15, 0.2) is 24.5 Å². The molecule has 2 N–H and O–H groups in total. The summed E-state index contributed by atoms with van der Waals surface area (Å²) in [5.41, 5.74) is 6.03. The Bertz CT molecular complexity index is 567. The van der Waals surface area contributed by atoms with Crippen LogP contribution in [-0.2, 0) is 0 Å². The van der Waals surface area contributed by atoms with Gasteiger partial charge in [0.05, 0.1) is 0 Å². The number of hydrogen-bond donors (Lipinski definition) is 1. The van der Waals surface area contributed by atoms with Crippen molar-refractivity contribution in [2.75, 3.05) is 17.2 Å². The van der Waals surface area contributed by atoms with Gasteiger partial charge in [-0.15, -0.1) is 0 Å². The Morgan fingerprint density at radius 2 is 2.39 bits per heavy atom. The molecule has 0 radical (unpaired) electrons. The predicted octanol–water partition coefficient (Wildman–Crippen LogP) is 2.59. The third-order valence-corrected chi connectivity index (χ3v) is 3.79. The van der Waals surface area contributed by atoms with Crippen molar-refractivity contribution in [2.24, 2.45) is 0 Å². The highest BCUT2D eigenvalue weighted by Crippen LogP contribution is 2.29. The van der Waals surface area contributed by atoms with Gasteiger partial charge < -0.3 is 10.6 Å². The molecule has 1 aliphatic heterocycles. The highest BCUT2D eigenvalue weighted by atomic mass is 15.2. The number of nitrogen functional groups attached to an aromatic ring is 1. The first kappa shape index (κ1) is 11.3. The molecule has 2 aromatic rings. The molecule has 0 aromatic carbocycles. The van der Waals surface area contributed by atoms with Crippen LogP contribution in [0.25, 0.3) is 10.8 Å². The Balaban J connectivity index is 2.07. The second-order valence-electron chi connectivity index (χ2n) is 4.86. The molecule has 94 valence electrons. The Morgan fingerprint density at radius 3 is 3.22 bits per heavy atom. The van der Waals surface area contributed by atoms with E-state index in [1.54, 1.807) is 12.4 Å². The quantitative estimate of drug-likeness (QED) is 0.879. The average molecular weight is 242 g/mol. The monoisotopic (exact) mass is 242 g/mol. The minimum Gasteiger partial charge on any atom is -0.383 e. The normalized spacial score (nSPS) is 19.6. The van der Waals surface area contributed by atoms with Crippen LogP contribution in [0.1, 0.15) is 26.2 Å².